The molecule has 0 fully saturated rings. The zero-order valence-corrected chi connectivity index (χ0v) is 12.0. The summed E-state index contributed by atoms with van der Waals surface area (Å²) in [5.74, 6) is 1.23. The first kappa shape index (κ1) is 15.0. The molecule has 1 aromatic heterocycles. The molecule has 0 saturated heterocycles. The average Bonchev–Trinajstić information content (AvgIpc) is 2.33. The van der Waals surface area contributed by atoms with Crippen LogP contribution in [0.25, 0.3) is 0 Å². The smallest absolute Gasteiger partial charge is 0.191 e. The molecule has 4 N–H and O–H groups in total. The maximum absolute atomic E-state index is 8.86. The molecule has 0 amide bonds. The molecule has 0 atom stereocenters. The van der Waals surface area contributed by atoms with Gasteiger partial charge in [-0.25, -0.2) is 9.97 Å². The number of hydrogen-bond donors (Lipinski definition) is 3. The molecule has 1 rings (SSSR count). The summed E-state index contributed by atoms with van der Waals surface area (Å²) < 4.78 is 0. The van der Waals surface area contributed by atoms with Crippen molar-refractivity contribution in [3.63, 3.8) is 0 Å². The Morgan fingerprint density at radius 3 is 2.78 bits per heavy atom. The lowest BCUT2D eigenvalue weighted by Gasteiger charge is -2.25. The van der Waals surface area contributed by atoms with Crippen LogP contribution >= 0.6 is 11.8 Å². The molecule has 1 aromatic rings. The molecular weight excluding hydrogens is 248 g/mol. The second-order valence-electron chi connectivity index (χ2n) is 5.01. The number of aromatic nitrogens is 2. The van der Waals surface area contributed by atoms with E-state index in [1.54, 1.807) is 6.07 Å². The van der Waals surface area contributed by atoms with Crippen LogP contribution in [-0.2, 0) is 0 Å². The van der Waals surface area contributed by atoms with Crippen molar-refractivity contribution in [3.8, 4) is 0 Å². The fourth-order valence-corrected chi connectivity index (χ4v) is 1.99. The van der Waals surface area contributed by atoms with Gasteiger partial charge in [-0.3, -0.25) is 0 Å². The van der Waals surface area contributed by atoms with Crippen LogP contribution in [0.15, 0.2) is 11.2 Å². The first-order valence-corrected chi connectivity index (χ1v) is 7.22. The summed E-state index contributed by atoms with van der Waals surface area (Å²) in [6, 6.07) is 1.74. The third-order valence-electron chi connectivity index (χ3n) is 2.67. The zero-order valence-electron chi connectivity index (χ0n) is 11.2. The van der Waals surface area contributed by atoms with Crippen molar-refractivity contribution in [2.45, 2.75) is 31.8 Å². The minimum Gasteiger partial charge on any atom is -0.396 e. The van der Waals surface area contributed by atoms with Gasteiger partial charge in [0.05, 0.1) is 0 Å². The van der Waals surface area contributed by atoms with E-state index >= 15 is 0 Å². The highest BCUT2D eigenvalue weighted by Gasteiger charge is 2.17. The number of aliphatic hydroxyl groups excluding tert-OH is 1. The predicted octanol–water partition coefficient (Wildman–Crippen LogP) is 1.99. The Bertz CT molecular complexity index is 384. The Morgan fingerprint density at radius 1 is 1.44 bits per heavy atom. The van der Waals surface area contributed by atoms with Gasteiger partial charge in [-0.15, -0.1) is 0 Å². The van der Waals surface area contributed by atoms with E-state index in [1.165, 1.54) is 11.8 Å². The second-order valence-corrected chi connectivity index (χ2v) is 5.78. The largest absolute Gasteiger partial charge is 0.396 e. The lowest BCUT2D eigenvalue weighted by Crippen LogP contribution is -2.24. The Balaban J connectivity index is 2.59. The summed E-state index contributed by atoms with van der Waals surface area (Å²) in [7, 11) is 0. The topological polar surface area (TPSA) is 84.1 Å². The van der Waals surface area contributed by atoms with Crippen LogP contribution in [0.2, 0.25) is 0 Å². The van der Waals surface area contributed by atoms with Gasteiger partial charge in [-0.05, 0) is 24.5 Å². The highest BCUT2D eigenvalue weighted by Crippen LogP contribution is 2.23. The average molecular weight is 270 g/mol. The van der Waals surface area contributed by atoms with Gasteiger partial charge < -0.3 is 16.2 Å². The molecule has 1 heterocycles. The van der Waals surface area contributed by atoms with Gasteiger partial charge in [-0.1, -0.05) is 25.6 Å². The van der Waals surface area contributed by atoms with Crippen molar-refractivity contribution in [1.82, 2.24) is 9.97 Å². The number of nitrogen functional groups attached to an aromatic ring is 1. The molecular formula is C12H22N4OS. The van der Waals surface area contributed by atoms with E-state index in [0.29, 0.717) is 11.0 Å². The third-order valence-corrected chi connectivity index (χ3v) is 3.22. The Hall–Kier alpha value is -1.01. The Morgan fingerprint density at radius 2 is 2.17 bits per heavy atom. The van der Waals surface area contributed by atoms with Crippen molar-refractivity contribution in [2.24, 2.45) is 5.41 Å². The summed E-state index contributed by atoms with van der Waals surface area (Å²) in [6.45, 7) is 5.35. The molecule has 0 radical (unpaired) electrons. The number of hydrogen-bond acceptors (Lipinski definition) is 6. The van der Waals surface area contributed by atoms with Crippen molar-refractivity contribution < 1.29 is 5.11 Å². The molecule has 18 heavy (non-hydrogen) atoms. The van der Waals surface area contributed by atoms with Crippen LogP contribution in [0.4, 0.5) is 11.6 Å². The minimum atomic E-state index is 0.113. The van der Waals surface area contributed by atoms with Gasteiger partial charge in [-0.2, -0.15) is 0 Å². The molecule has 0 saturated carbocycles. The molecule has 0 unspecified atom stereocenters. The van der Waals surface area contributed by atoms with Gasteiger partial charge in [0.2, 0.25) is 0 Å². The van der Waals surface area contributed by atoms with Crippen LogP contribution < -0.4 is 11.1 Å². The van der Waals surface area contributed by atoms with Crippen LogP contribution in [0.3, 0.4) is 0 Å². The normalized spacial score (nSPS) is 11.6. The molecule has 5 nitrogen and oxygen atoms in total. The summed E-state index contributed by atoms with van der Waals surface area (Å²) in [6.07, 6.45) is 3.70. The first-order valence-electron chi connectivity index (χ1n) is 6.00. The van der Waals surface area contributed by atoms with Crippen molar-refractivity contribution in [1.29, 1.82) is 0 Å². The van der Waals surface area contributed by atoms with E-state index in [-0.39, 0.29) is 12.0 Å². The fraction of sp³-hybridized carbons (Fsp3) is 0.667. The summed E-state index contributed by atoms with van der Waals surface area (Å²) in [5, 5.41) is 12.8. The van der Waals surface area contributed by atoms with Crippen LogP contribution in [-0.4, -0.2) is 34.5 Å². The number of nitrogens with zero attached hydrogens (tertiary/aromatic N) is 2. The van der Waals surface area contributed by atoms with Crippen LogP contribution in [0.1, 0.15) is 26.7 Å². The van der Waals surface area contributed by atoms with Crippen molar-refractivity contribution >= 4 is 23.4 Å². The number of anilines is 2. The van der Waals surface area contributed by atoms with E-state index < -0.39 is 0 Å². The molecule has 0 spiro atoms. The van der Waals surface area contributed by atoms with Gasteiger partial charge >= 0.3 is 0 Å². The van der Waals surface area contributed by atoms with Gasteiger partial charge in [0, 0.05) is 19.2 Å². The maximum Gasteiger partial charge on any atom is 0.191 e. The molecule has 0 aliphatic carbocycles. The SMILES string of the molecule is CSc1nc(N)cc(NCC(C)(C)CCCO)n1. The highest BCUT2D eigenvalue weighted by molar-refractivity contribution is 7.98. The van der Waals surface area contributed by atoms with Crippen LogP contribution in [0.5, 0.6) is 0 Å². The van der Waals surface area contributed by atoms with Crippen molar-refractivity contribution in [3.05, 3.63) is 6.07 Å². The number of rotatable bonds is 7. The Labute approximate surface area is 113 Å². The zero-order chi connectivity index (χ0) is 13.6. The van der Waals surface area contributed by atoms with Gasteiger partial charge in [0.25, 0.3) is 0 Å². The highest BCUT2D eigenvalue weighted by atomic mass is 32.2. The fourth-order valence-electron chi connectivity index (χ4n) is 1.60. The molecule has 102 valence electrons. The maximum atomic E-state index is 8.86. The monoisotopic (exact) mass is 270 g/mol. The molecule has 0 aliphatic rings. The van der Waals surface area contributed by atoms with Crippen molar-refractivity contribution in [2.75, 3.05) is 30.5 Å². The standard InChI is InChI=1S/C12H22N4OS/c1-12(2,5-4-6-17)8-14-10-7-9(13)15-11(16-10)18-3/h7,17H,4-6,8H2,1-3H3,(H3,13,14,15,16). The quantitative estimate of drug-likeness (QED) is 0.519. The minimum absolute atomic E-state index is 0.113. The lowest BCUT2D eigenvalue weighted by molar-refractivity contribution is 0.248. The van der Waals surface area contributed by atoms with E-state index in [9.17, 15) is 0 Å². The molecule has 0 aromatic carbocycles. The number of nitrogens with one attached hydrogen (secondary N) is 1. The summed E-state index contributed by atoms with van der Waals surface area (Å²) in [4.78, 5) is 8.45. The molecule has 6 heteroatoms. The number of aliphatic hydroxyl groups is 1. The van der Waals surface area contributed by atoms with E-state index in [1.807, 2.05) is 6.26 Å². The van der Waals surface area contributed by atoms with Crippen LogP contribution in [0, 0.1) is 5.41 Å². The number of nitrogens with two attached hydrogens (primary N) is 1. The summed E-state index contributed by atoms with van der Waals surface area (Å²) >= 11 is 1.47. The van der Waals surface area contributed by atoms with E-state index in [4.69, 9.17) is 10.8 Å². The second kappa shape index (κ2) is 6.80. The lowest BCUT2D eigenvalue weighted by atomic mass is 9.88. The van der Waals surface area contributed by atoms with E-state index in [2.05, 4.69) is 29.1 Å². The third kappa shape index (κ3) is 5.10. The van der Waals surface area contributed by atoms with E-state index in [0.717, 1.165) is 25.2 Å². The van der Waals surface area contributed by atoms with Gasteiger partial charge in [0.15, 0.2) is 5.16 Å². The number of thioether (sulfide) groups is 1. The van der Waals surface area contributed by atoms with Gasteiger partial charge in [0.1, 0.15) is 11.6 Å². The molecule has 0 bridgehead atoms. The predicted molar refractivity (Wildman–Crippen MR) is 76.8 cm³/mol. The summed E-state index contributed by atoms with van der Waals surface area (Å²) in [5.41, 5.74) is 5.83. The first-order chi connectivity index (χ1) is 8.46. The molecule has 0 aliphatic heterocycles. The Kier molecular flexibility index (Phi) is 5.68.